The Labute approximate surface area is 95.5 Å². The smallest absolute Gasteiger partial charge is 0.107 e. The Bertz CT molecular complexity index is 357. The zero-order chi connectivity index (χ0) is 11.5. The first-order chi connectivity index (χ1) is 7.00. The van der Waals surface area contributed by atoms with Crippen molar-refractivity contribution in [1.82, 2.24) is 14.9 Å². The summed E-state index contributed by atoms with van der Waals surface area (Å²) in [4.78, 5) is 1.06. The summed E-state index contributed by atoms with van der Waals surface area (Å²) in [5.41, 5.74) is 0.990. The van der Waals surface area contributed by atoms with Crippen molar-refractivity contribution >= 4 is 11.5 Å². The quantitative estimate of drug-likeness (QED) is 0.798. The van der Waals surface area contributed by atoms with Gasteiger partial charge in [0, 0.05) is 5.41 Å². The largest absolute Gasteiger partial charge is 0.299 e. The summed E-state index contributed by atoms with van der Waals surface area (Å²) in [5.74, 6) is 2.74. The zero-order valence-electron chi connectivity index (χ0n) is 9.66. The van der Waals surface area contributed by atoms with Crippen molar-refractivity contribution in [3.05, 3.63) is 10.6 Å². The number of hydrogen-bond acceptors (Lipinski definition) is 4. The van der Waals surface area contributed by atoms with Crippen LogP contribution in [0.25, 0.3) is 0 Å². The topological polar surface area (TPSA) is 37.8 Å². The van der Waals surface area contributed by atoms with Gasteiger partial charge in [0.25, 0.3) is 0 Å². The van der Waals surface area contributed by atoms with Gasteiger partial charge in [-0.1, -0.05) is 38.1 Å². The van der Waals surface area contributed by atoms with Crippen molar-refractivity contribution in [3.63, 3.8) is 0 Å². The van der Waals surface area contributed by atoms with Gasteiger partial charge in [0.15, 0.2) is 0 Å². The van der Waals surface area contributed by atoms with E-state index in [-0.39, 0.29) is 11.5 Å². The second-order valence-electron chi connectivity index (χ2n) is 4.39. The highest BCUT2D eigenvalue weighted by molar-refractivity contribution is 7.05. The molecule has 15 heavy (non-hydrogen) atoms. The molecule has 1 N–H and O–H groups in total. The Balaban J connectivity index is 3.04. The predicted octanol–water partition coefficient (Wildman–Crippen LogP) is 2.12. The molecule has 4 heteroatoms. The van der Waals surface area contributed by atoms with Gasteiger partial charge in [-0.15, -0.1) is 11.5 Å². The minimum absolute atomic E-state index is 0.00709. The summed E-state index contributed by atoms with van der Waals surface area (Å²) in [5, 5.41) is 7.41. The van der Waals surface area contributed by atoms with Crippen molar-refractivity contribution in [2.45, 2.75) is 39.2 Å². The van der Waals surface area contributed by atoms with Gasteiger partial charge < -0.3 is 0 Å². The molecule has 1 heterocycles. The number of nitrogens with one attached hydrogen (secondary N) is 1. The summed E-state index contributed by atoms with van der Waals surface area (Å²) in [6.07, 6.45) is 5.50. The van der Waals surface area contributed by atoms with Crippen LogP contribution < -0.4 is 5.32 Å². The van der Waals surface area contributed by atoms with E-state index in [1.54, 1.807) is 0 Å². The third-order valence-corrected chi connectivity index (χ3v) is 2.85. The summed E-state index contributed by atoms with van der Waals surface area (Å²) < 4.78 is 4.00. The molecule has 1 rings (SSSR count). The van der Waals surface area contributed by atoms with E-state index in [4.69, 9.17) is 6.42 Å². The molecule has 1 unspecified atom stereocenters. The predicted molar refractivity (Wildman–Crippen MR) is 63.9 cm³/mol. The summed E-state index contributed by atoms with van der Waals surface area (Å²) in [6, 6.07) is -0.0655. The lowest BCUT2D eigenvalue weighted by Crippen LogP contribution is -2.23. The maximum Gasteiger partial charge on any atom is 0.107 e. The van der Waals surface area contributed by atoms with Crippen LogP contribution in [0.3, 0.4) is 0 Å². The summed E-state index contributed by atoms with van der Waals surface area (Å²) in [7, 11) is 0. The highest BCUT2D eigenvalue weighted by Crippen LogP contribution is 2.29. The first kappa shape index (κ1) is 12.2. The average molecular weight is 223 g/mol. The van der Waals surface area contributed by atoms with Crippen LogP contribution in [-0.2, 0) is 5.41 Å². The third-order valence-electron chi connectivity index (χ3n) is 2.06. The van der Waals surface area contributed by atoms with Crippen molar-refractivity contribution < 1.29 is 0 Å². The van der Waals surface area contributed by atoms with Gasteiger partial charge in [-0.3, -0.25) is 5.32 Å². The van der Waals surface area contributed by atoms with Crippen molar-refractivity contribution in [1.29, 1.82) is 0 Å². The molecule has 0 saturated carbocycles. The van der Waals surface area contributed by atoms with E-state index in [1.165, 1.54) is 11.5 Å². The molecule has 0 saturated heterocycles. The maximum absolute atomic E-state index is 5.50. The van der Waals surface area contributed by atoms with Gasteiger partial charge in [0.05, 0.1) is 10.6 Å². The second-order valence-corrected chi connectivity index (χ2v) is 5.18. The van der Waals surface area contributed by atoms with Crippen molar-refractivity contribution in [2.24, 2.45) is 0 Å². The van der Waals surface area contributed by atoms with Crippen LogP contribution in [0.2, 0.25) is 0 Å². The lowest BCUT2D eigenvalue weighted by molar-refractivity contribution is 0.549. The van der Waals surface area contributed by atoms with E-state index in [9.17, 15) is 0 Å². The Morgan fingerprint density at radius 1 is 1.53 bits per heavy atom. The highest BCUT2D eigenvalue weighted by atomic mass is 32.1. The van der Waals surface area contributed by atoms with E-state index >= 15 is 0 Å². The molecular weight excluding hydrogens is 206 g/mol. The van der Waals surface area contributed by atoms with E-state index in [2.05, 4.69) is 41.6 Å². The number of terminal acetylenes is 1. The molecule has 0 spiro atoms. The monoisotopic (exact) mass is 223 g/mol. The molecule has 0 radical (unpaired) electrons. The van der Waals surface area contributed by atoms with E-state index in [0.717, 1.165) is 17.1 Å². The number of rotatable bonds is 3. The highest BCUT2D eigenvalue weighted by Gasteiger charge is 2.25. The lowest BCUT2D eigenvalue weighted by atomic mass is 9.90. The first-order valence-corrected chi connectivity index (χ1v) is 5.80. The maximum atomic E-state index is 5.50. The van der Waals surface area contributed by atoms with Gasteiger partial charge in [-0.05, 0) is 18.1 Å². The SMILES string of the molecule is C#CC(NCC)c1snnc1C(C)(C)C. The van der Waals surface area contributed by atoms with Gasteiger partial charge in [0.1, 0.15) is 6.04 Å². The van der Waals surface area contributed by atoms with Gasteiger partial charge in [-0.2, -0.15) is 0 Å². The van der Waals surface area contributed by atoms with Crippen molar-refractivity contribution in [2.75, 3.05) is 6.54 Å². The summed E-state index contributed by atoms with van der Waals surface area (Å²) in [6.45, 7) is 9.23. The summed E-state index contributed by atoms with van der Waals surface area (Å²) >= 11 is 1.38. The molecule has 0 aromatic carbocycles. The Kier molecular flexibility index (Phi) is 3.83. The Morgan fingerprint density at radius 3 is 2.67 bits per heavy atom. The van der Waals surface area contributed by atoms with Crippen LogP contribution in [0.15, 0.2) is 0 Å². The molecule has 0 aliphatic rings. The van der Waals surface area contributed by atoms with Crippen LogP contribution in [0.5, 0.6) is 0 Å². The van der Waals surface area contributed by atoms with Crippen LogP contribution in [0, 0.1) is 12.3 Å². The fraction of sp³-hybridized carbons (Fsp3) is 0.636. The minimum atomic E-state index is -0.0655. The minimum Gasteiger partial charge on any atom is -0.299 e. The molecule has 0 fully saturated rings. The van der Waals surface area contributed by atoms with Crippen LogP contribution in [0.4, 0.5) is 0 Å². The number of nitrogens with zero attached hydrogens (tertiary/aromatic N) is 2. The molecule has 82 valence electrons. The molecule has 0 aliphatic heterocycles. The van der Waals surface area contributed by atoms with Crippen LogP contribution >= 0.6 is 11.5 Å². The van der Waals surface area contributed by atoms with Crippen LogP contribution in [0.1, 0.15) is 44.3 Å². The zero-order valence-corrected chi connectivity index (χ0v) is 10.5. The third kappa shape index (κ3) is 2.77. The van der Waals surface area contributed by atoms with E-state index in [0.29, 0.717) is 0 Å². The first-order valence-electron chi connectivity index (χ1n) is 5.03. The Hall–Kier alpha value is -0.920. The molecule has 1 aromatic heterocycles. The van der Waals surface area contributed by atoms with E-state index in [1.807, 2.05) is 6.92 Å². The Morgan fingerprint density at radius 2 is 2.20 bits per heavy atom. The molecule has 1 aromatic rings. The molecule has 1 atom stereocenters. The fourth-order valence-corrected chi connectivity index (χ4v) is 2.24. The second kappa shape index (κ2) is 4.73. The average Bonchev–Trinajstić information content (AvgIpc) is 2.61. The lowest BCUT2D eigenvalue weighted by Gasteiger charge is -2.19. The van der Waals surface area contributed by atoms with E-state index < -0.39 is 0 Å². The van der Waals surface area contributed by atoms with Crippen LogP contribution in [-0.4, -0.2) is 16.1 Å². The molecule has 0 aliphatic carbocycles. The van der Waals surface area contributed by atoms with Gasteiger partial charge >= 0.3 is 0 Å². The normalized spacial score (nSPS) is 13.5. The fourth-order valence-electron chi connectivity index (χ4n) is 1.34. The molecule has 0 bridgehead atoms. The molecule has 0 amide bonds. The molecular formula is C11H17N3S. The number of hydrogen-bond donors (Lipinski definition) is 1. The van der Waals surface area contributed by atoms with Gasteiger partial charge in [-0.25, -0.2) is 0 Å². The van der Waals surface area contributed by atoms with Gasteiger partial charge in [0.2, 0.25) is 0 Å². The molecule has 3 nitrogen and oxygen atoms in total. The number of aromatic nitrogens is 2. The van der Waals surface area contributed by atoms with Crippen molar-refractivity contribution in [3.8, 4) is 12.3 Å². The standard InChI is InChI=1S/C11H17N3S/c1-6-8(12-7-2)9-10(11(3,4)5)13-14-15-9/h1,8,12H,7H2,2-5H3.